The summed E-state index contributed by atoms with van der Waals surface area (Å²) < 4.78 is 61.8. The number of unbranched alkanes of at least 4 members (excludes halogenated alkanes) is 4. The number of hydrogen-bond acceptors (Lipinski definition) is 4. The van der Waals surface area contributed by atoms with E-state index >= 15 is 0 Å². The summed E-state index contributed by atoms with van der Waals surface area (Å²) in [5.74, 6) is -15.3. The van der Waals surface area contributed by atoms with E-state index in [4.69, 9.17) is 0 Å². The first-order valence-electron chi connectivity index (χ1n) is 7.31. The third kappa shape index (κ3) is 5.81. The molecular weight excluding hydrogens is 308 g/mol. The molecule has 0 aliphatic heterocycles. The van der Waals surface area contributed by atoms with E-state index in [1.165, 1.54) is 0 Å². The van der Waals surface area contributed by atoms with Crippen LogP contribution in [-0.2, 0) is 19.1 Å². The molecule has 0 radical (unpaired) electrons. The van der Waals surface area contributed by atoms with E-state index < -0.39 is 37.0 Å². The molecule has 0 heterocycles. The maximum absolute atomic E-state index is 13.4. The van der Waals surface area contributed by atoms with Crippen molar-refractivity contribution >= 4 is 11.9 Å². The van der Waals surface area contributed by atoms with Crippen LogP contribution in [0, 0.1) is 0 Å². The third-order valence-electron chi connectivity index (χ3n) is 2.87. The number of ether oxygens (including phenoxy) is 2. The van der Waals surface area contributed by atoms with E-state index in [-0.39, 0.29) is 12.8 Å². The molecule has 0 aliphatic rings. The van der Waals surface area contributed by atoms with Crippen LogP contribution in [0.3, 0.4) is 0 Å². The Morgan fingerprint density at radius 2 is 1.05 bits per heavy atom. The van der Waals surface area contributed by atoms with Gasteiger partial charge in [0.1, 0.15) is 0 Å². The Balaban J connectivity index is 4.55. The Labute approximate surface area is 127 Å². The van der Waals surface area contributed by atoms with Gasteiger partial charge in [0.2, 0.25) is 0 Å². The van der Waals surface area contributed by atoms with Gasteiger partial charge in [-0.3, -0.25) is 0 Å². The van der Waals surface area contributed by atoms with Crippen LogP contribution >= 0.6 is 0 Å². The van der Waals surface area contributed by atoms with Crippen LogP contribution < -0.4 is 0 Å². The lowest BCUT2D eigenvalue weighted by atomic mass is 10.1. The van der Waals surface area contributed by atoms with Gasteiger partial charge in [-0.05, 0) is 12.8 Å². The Kier molecular flexibility index (Phi) is 9.04. The first-order valence-corrected chi connectivity index (χ1v) is 7.31. The van der Waals surface area contributed by atoms with Gasteiger partial charge in [-0.25, -0.2) is 9.59 Å². The van der Waals surface area contributed by atoms with Crippen molar-refractivity contribution in [3.8, 4) is 0 Å². The summed E-state index contributed by atoms with van der Waals surface area (Å²) in [5.41, 5.74) is 0. The highest BCUT2D eigenvalue weighted by atomic mass is 19.3. The molecule has 0 aromatic heterocycles. The van der Waals surface area contributed by atoms with E-state index in [2.05, 4.69) is 9.47 Å². The largest absolute Gasteiger partial charge is 0.461 e. The quantitative estimate of drug-likeness (QED) is 0.329. The Morgan fingerprint density at radius 3 is 1.32 bits per heavy atom. The topological polar surface area (TPSA) is 52.6 Å². The Bertz CT molecular complexity index is 325. The van der Waals surface area contributed by atoms with Crippen LogP contribution in [-0.4, -0.2) is 37.0 Å². The van der Waals surface area contributed by atoms with E-state index in [0.717, 1.165) is 12.8 Å². The fourth-order valence-electron chi connectivity index (χ4n) is 1.47. The second-order valence-electron chi connectivity index (χ2n) is 4.83. The third-order valence-corrected chi connectivity index (χ3v) is 2.87. The number of carbonyl (C=O) groups is 2. The van der Waals surface area contributed by atoms with Gasteiger partial charge in [0, 0.05) is 0 Å². The van der Waals surface area contributed by atoms with Crippen LogP contribution in [0.2, 0.25) is 0 Å². The molecule has 130 valence electrons. The molecule has 0 unspecified atom stereocenters. The smallest absolute Gasteiger partial charge is 0.415 e. The summed E-state index contributed by atoms with van der Waals surface area (Å²) in [4.78, 5) is 22.2. The van der Waals surface area contributed by atoms with Gasteiger partial charge in [-0.15, -0.1) is 0 Å². The summed E-state index contributed by atoms with van der Waals surface area (Å²) in [6.07, 6.45) is 3.27. The molecule has 0 atom stereocenters. The molecule has 0 aromatic rings. The lowest BCUT2D eigenvalue weighted by Crippen LogP contribution is -2.53. The van der Waals surface area contributed by atoms with Gasteiger partial charge in [0.25, 0.3) is 0 Å². The Hall–Kier alpha value is -1.34. The number of esters is 2. The predicted octanol–water partition coefficient (Wildman–Crippen LogP) is 3.72. The molecule has 8 heteroatoms. The van der Waals surface area contributed by atoms with Crippen LogP contribution in [0.15, 0.2) is 0 Å². The normalized spacial score (nSPS) is 12.1. The lowest BCUT2D eigenvalue weighted by Gasteiger charge is -2.23. The number of alkyl halides is 4. The van der Waals surface area contributed by atoms with Crippen molar-refractivity contribution in [3.63, 3.8) is 0 Å². The van der Waals surface area contributed by atoms with Gasteiger partial charge in [0.05, 0.1) is 13.2 Å². The number of halogens is 4. The van der Waals surface area contributed by atoms with Crippen molar-refractivity contribution in [2.75, 3.05) is 13.2 Å². The maximum atomic E-state index is 13.4. The minimum atomic E-state index is -5.25. The first-order chi connectivity index (χ1) is 10.2. The number of rotatable bonds is 11. The minimum Gasteiger partial charge on any atom is -0.461 e. The summed E-state index contributed by atoms with van der Waals surface area (Å²) >= 11 is 0. The standard InChI is InChI=1S/C14H22F4O4/c1-3-5-7-9-21-11(19)13(15,16)14(17,18)12(20)22-10-8-6-4-2/h3-10H2,1-2H3. The second-order valence-corrected chi connectivity index (χ2v) is 4.83. The zero-order valence-electron chi connectivity index (χ0n) is 12.8. The SMILES string of the molecule is CCCCCOC(=O)C(F)(F)C(F)(F)C(=O)OCCCCC. The minimum absolute atomic E-state index is 0.283. The molecule has 0 fully saturated rings. The Morgan fingerprint density at radius 1 is 0.727 bits per heavy atom. The highest BCUT2D eigenvalue weighted by molar-refractivity contribution is 5.90. The van der Waals surface area contributed by atoms with Crippen molar-refractivity contribution in [1.82, 2.24) is 0 Å². The summed E-state index contributed by atoms with van der Waals surface area (Å²) in [6.45, 7) is 2.87. The average Bonchev–Trinajstić information content (AvgIpc) is 2.47. The zero-order valence-corrected chi connectivity index (χ0v) is 12.8. The summed E-state index contributed by atoms with van der Waals surface area (Å²) in [5, 5.41) is 0. The van der Waals surface area contributed by atoms with Gasteiger partial charge >= 0.3 is 23.8 Å². The zero-order chi connectivity index (χ0) is 17.2. The van der Waals surface area contributed by atoms with Crippen molar-refractivity contribution in [2.45, 2.75) is 64.2 Å². The van der Waals surface area contributed by atoms with Crippen molar-refractivity contribution in [3.05, 3.63) is 0 Å². The monoisotopic (exact) mass is 330 g/mol. The van der Waals surface area contributed by atoms with E-state index in [1.807, 2.05) is 13.8 Å². The molecular formula is C14H22F4O4. The fourth-order valence-corrected chi connectivity index (χ4v) is 1.47. The van der Waals surface area contributed by atoms with E-state index in [0.29, 0.717) is 12.8 Å². The predicted molar refractivity (Wildman–Crippen MR) is 70.9 cm³/mol. The molecule has 0 N–H and O–H groups in total. The molecule has 0 aliphatic carbocycles. The lowest BCUT2D eigenvalue weighted by molar-refractivity contribution is -0.237. The molecule has 0 saturated heterocycles. The van der Waals surface area contributed by atoms with Gasteiger partial charge in [-0.2, -0.15) is 17.6 Å². The molecule has 0 amide bonds. The van der Waals surface area contributed by atoms with E-state index in [1.54, 1.807) is 0 Å². The highest BCUT2D eigenvalue weighted by Gasteiger charge is 2.69. The molecule has 0 saturated carbocycles. The molecule has 0 spiro atoms. The van der Waals surface area contributed by atoms with Gasteiger partial charge in [0.15, 0.2) is 0 Å². The molecule has 0 rings (SSSR count). The summed E-state index contributed by atoms with van der Waals surface area (Å²) in [6, 6.07) is 0. The second kappa shape index (κ2) is 9.63. The first kappa shape index (κ1) is 20.7. The van der Waals surface area contributed by atoms with E-state index in [9.17, 15) is 27.2 Å². The molecule has 22 heavy (non-hydrogen) atoms. The van der Waals surface area contributed by atoms with Crippen LogP contribution in [0.5, 0.6) is 0 Å². The number of carbonyl (C=O) groups excluding carboxylic acids is 2. The molecule has 4 nitrogen and oxygen atoms in total. The summed E-state index contributed by atoms with van der Waals surface area (Å²) in [7, 11) is 0. The van der Waals surface area contributed by atoms with Gasteiger partial charge < -0.3 is 9.47 Å². The highest BCUT2D eigenvalue weighted by Crippen LogP contribution is 2.36. The molecule has 0 bridgehead atoms. The van der Waals surface area contributed by atoms with Crippen molar-refractivity contribution in [1.29, 1.82) is 0 Å². The van der Waals surface area contributed by atoms with Crippen LogP contribution in [0.4, 0.5) is 17.6 Å². The fraction of sp³-hybridized carbons (Fsp3) is 0.857. The van der Waals surface area contributed by atoms with Gasteiger partial charge in [-0.1, -0.05) is 39.5 Å². The van der Waals surface area contributed by atoms with Crippen LogP contribution in [0.1, 0.15) is 52.4 Å². The average molecular weight is 330 g/mol. The van der Waals surface area contributed by atoms with Crippen LogP contribution in [0.25, 0.3) is 0 Å². The maximum Gasteiger partial charge on any atom is 0.415 e. The van der Waals surface area contributed by atoms with Crippen molar-refractivity contribution in [2.24, 2.45) is 0 Å². The molecule has 0 aromatic carbocycles. The number of hydrogen-bond donors (Lipinski definition) is 0. The van der Waals surface area contributed by atoms with Crippen molar-refractivity contribution < 1.29 is 36.6 Å².